The molecule has 0 atom stereocenters. The lowest BCUT2D eigenvalue weighted by Crippen LogP contribution is -2.22. The molecule has 4 nitrogen and oxygen atoms in total. The standard InChI is InChI=1S/C12H12F6N2O2/c13-11(14,15)6-21-9-8(12(16,17)18)5-19-10(20-9)22-7-3-1-2-4-7/h5,7H,1-4,6H2. The summed E-state index contributed by atoms with van der Waals surface area (Å²) in [6.45, 7) is -1.88. The van der Waals surface area contributed by atoms with Crippen molar-refractivity contribution in [1.29, 1.82) is 0 Å². The van der Waals surface area contributed by atoms with Crippen molar-refractivity contribution in [3.63, 3.8) is 0 Å². The molecule has 124 valence electrons. The monoisotopic (exact) mass is 330 g/mol. The lowest BCUT2D eigenvalue weighted by molar-refractivity contribution is -0.159. The molecule has 0 spiro atoms. The highest BCUT2D eigenvalue weighted by atomic mass is 19.4. The van der Waals surface area contributed by atoms with E-state index in [0.29, 0.717) is 19.0 Å². The summed E-state index contributed by atoms with van der Waals surface area (Å²) in [6, 6.07) is -0.419. The van der Waals surface area contributed by atoms with Crippen LogP contribution in [0.4, 0.5) is 26.3 Å². The van der Waals surface area contributed by atoms with Crippen LogP contribution in [0.3, 0.4) is 0 Å². The fourth-order valence-electron chi connectivity index (χ4n) is 2.02. The molecule has 1 aromatic heterocycles. The van der Waals surface area contributed by atoms with E-state index in [1.807, 2.05) is 0 Å². The van der Waals surface area contributed by atoms with E-state index < -0.39 is 36.4 Å². The maximum Gasteiger partial charge on any atom is 0.423 e. The van der Waals surface area contributed by atoms with Gasteiger partial charge in [-0.05, 0) is 25.7 Å². The van der Waals surface area contributed by atoms with E-state index in [-0.39, 0.29) is 6.10 Å². The van der Waals surface area contributed by atoms with Gasteiger partial charge in [0.05, 0.1) is 6.20 Å². The summed E-state index contributed by atoms with van der Waals surface area (Å²) < 4.78 is 83.9. The Bertz CT molecular complexity index is 511. The number of alkyl halides is 6. The summed E-state index contributed by atoms with van der Waals surface area (Å²) in [7, 11) is 0. The predicted molar refractivity (Wildman–Crippen MR) is 61.5 cm³/mol. The highest BCUT2D eigenvalue weighted by molar-refractivity contribution is 5.28. The Labute approximate surface area is 121 Å². The third-order valence-electron chi connectivity index (χ3n) is 2.98. The SMILES string of the molecule is FC(F)(F)COc1nc(OC2CCCC2)ncc1C(F)(F)F. The van der Waals surface area contributed by atoms with Gasteiger partial charge in [0.1, 0.15) is 11.7 Å². The Kier molecular flexibility index (Phi) is 4.66. The molecule has 1 aliphatic rings. The molecule has 1 heterocycles. The van der Waals surface area contributed by atoms with Gasteiger partial charge in [0, 0.05) is 0 Å². The summed E-state index contributed by atoms with van der Waals surface area (Å²) in [5, 5.41) is 0. The minimum Gasteiger partial charge on any atom is -0.467 e. The topological polar surface area (TPSA) is 44.2 Å². The Balaban J connectivity index is 2.20. The number of aromatic nitrogens is 2. The molecule has 0 aliphatic heterocycles. The van der Waals surface area contributed by atoms with Crippen molar-refractivity contribution in [2.45, 2.75) is 44.1 Å². The highest BCUT2D eigenvalue weighted by Crippen LogP contribution is 2.36. The van der Waals surface area contributed by atoms with Crippen LogP contribution in [0.5, 0.6) is 11.9 Å². The molecule has 0 bridgehead atoms. The van der Waals surface area contributed by atoms with Gasteiger partial charge in [0.2, 0.25) is 5.88 Å². The highest BCUT2D eigenvalue weighted by Gasteiger charge is 2.38. The molecule has 10 heteroatoms. The van der Waals surface area contributed by atoms with Gasteiger partial charge >= 0.3 is 18.4 Å². The largest absolute Gasteiger partial charge is 0.467 e. The van der Waals surface area contributed by atoms with Crippen LogP contribution in [-0.2, 0) is 6.18 Å². The molecule has 0 amide bonds. The first-order chi connectivity index (χ1) is 10.1. The third-order valence-corrected chi connectivity index (χ3v) is 2.98. The minimum atomic E-state index is -4.92. The van der Waals surface area contributed by atoms with E-state index >= 15 is 0 Å². The minimum absolute atomic E-state index is 0.243. The molecule has 0 unspecified atom stereocenters. The second-order valence-corrected chi connectivity index (χ2v) is 4.80. The van der Waals surface area contributed by atoms with Gasteiger partial charge in [-0.3, -0.25) is 0 Å². The lowest BCUT2D eigenvalue weighted by Gasteiger charge is -2.16. The maximum atomic E-state index is 12.7. The second kappa shape index (κ2) is 6.17. The van der Waals surface area contributed by atoms with Gasteiger partial charge in [-0.25, -0.2) is 4.98 Å². The first-order valence-electron chi connectivity index (χ1n) is 6.45. The van der Waals surface area contributed by atoms with E-state index in [2.05, 4.69) is 14.7 Å². The van der Waals surface area contributed by atoms with Crippen LogP contribution in [0.15, 0.2) is 6.20 Å². The van der Waals surface area contributed by atoms with Crippen LogP contribution >= 0.6 is 0 Å². The van der Waals surface area contributed by atoms with E-state index in [4.69, 9.17) is 4.74 Å². The molecule has 1 fully saturated rings. The number of halogens is 6. The Hall–Kier alpha value is -1.74. The van der Waals surface area contributed by atoms with Crippen molar-refractivity contribution in [2.75, 3.05) is 6.61 Å². The zero-order valence-electron chi connectivity index (χ0n) is 11.2. The quantitative estimate of drug-likeness (QED) is 0.789. The molecular weight excluding hydrogens is 318 g/mol. The number of hydrogen-bond acceptors (Lipinski definition) is 4. The van der Waals surface area contributed by atoms with E-state index in [1.54, 1.807) is 0 Å². The number of rotatable bonds is 4. The van der Waals surface area contributed by atoms with Crippen molar-refractivity contribution < 1.29 is 35.8 Å². The summed E-state index contributed by atoms with van der Waals surface area (Å²) in [5.74, 6) is -1.19. The van der Waals surface area contributed by atoms with Crippen molar-refractivity contribution in [2.24, 2.45) is 0 Å². The zero-order valence-corrected chi connectivity index (χ0v) is 11.2. The summed E-state index contributed by atoms with van der Waals surface area (Å²) in [5.41, 5.74) is -1.48. The summed E-state index contributed by atoms with van der Waals surface area (Å²) in [4.78, 5) is 6.73. The molecule has 2 rings (SSSR count). The van der Waals surface area contributed by atoms with Crippen LogP contribution in [0.2, 0.25) is 0 Å². The predicted octanol–water partition coefficient (Wildman–Crippen LogP) is 3.76. The molecule has 1 saturated carbocycles. The smallest absolute Gasteiger partial charge is 0.423 e. The number of nitrogens with zero attached hydrogens (tertiary/aromatic N) is 2. The number of ether oxygens (including phenoxy) is 2. The Morgan fingerprint density at radius 1 is 1.09 bits per heavy atom. The zero-order chi connectivity index (χ0) is 16.4. The molecule has 1 aliphatic carbocycles. The van der Waals surface area contributed by atoms with Gasteiger partial charge in [-0.2, -0.15) is 31.3 Å². The van der Waals surface area contributed by atoms with Gasteiger partial charge in [0.15, 0.2) is 6.61 Å². The van der Waals surface area contributed by atoms with Crippen LogP contribution in [0, 0.1) is 0 Å². The van der Waals surface area contributed by atoms with Gasteiger partial charge in [0.25, 0.3) is 0 Å². The molecular formula is C12H12F6N2O2. The summed E-state index contributed by atoms with van der Waals surface area (Å²) >= 11 is 0. The molecule has 0 aromatic carbocycles. The average molecular weight is 330 g/mol. The van der Waals surface area contributed by atoms with E-state index in [9.17, 15) is 26.3 Å². The van der Waals surface area contributed by atoms with Crippen molar-refractivity contribution >= 4 is 0 Å². The molecule has 1 aromatic rings. The van der Waals surface area contributed by atoms with E-state index in [0.717, 1.165) is 12.8 Å². The van der Waals surface area contributed by atoms with Crippen molar-refractivity contribution in [1.82, 2.24) is 9.97 Å². The van der Waals surface area contributed by atoms with Crippen LogP contribution < -0.4 is 9.47 Å². The normalized spacial score (nSPS) is 16.8. The Morgan fingerprint density at radius 2 is 1.73 bits per heavy atom. The Morgan fingerprint density at radius 3 is 2.27 bits per heavy atom. The average Bonchev–Trinajstić information content (AvgIpc) is 2.87. The van der Waals surface area contributed by atoms with Crippen LogP contribution in [0.1, 0.15) is 31.2 Å². The van der Waals surface area contributed by atoms with Gasteiger partial charge < -0.3 is 9.47 Å². The van der Waals surface area contributed by atoms with Gasteiger partial charge in [-0.15, -0.1) is 0 Å². The molecule has 0 N–H and O–H groups in total. The van der Waals surface area contributed by atoms with Gasteiger partial charge in [-0.1, -0.05) is 0 Å². The van der Waals surface area contributed by atoms with Crippen LogP contribution in [-0.4, -0.2) is 28.9 Å². The number of hydrogen-bond donors (Lipinski definition) is 0. The van der Waals surface area contributed by atoms with Crippen molar-refractivity contribution in [3.05, 3.63) is 11.8 Å². The first kappa shape index (κ1) is 16.6. The molecule has 0 radical (unpaired) electrons. The molecule has 0 saturated heterocycles. The summed E-state index contributed by atoms with van der Waals surface area (Å²) in [6.07, 6.45) is -6.37. The second-order valence-electron chi connectivity index (χ2n) is 4.80. The third kappa shape index (κ3) is 4.63. The van der Waals surface area contributed by atoms with Crippen molar-refractivity contribution in [3.8, 4) is 11.9 Å². The molecule has 22 heavy (non-hydrogen) atoms. The first-order valence-corrected chi connectivity index (χ1v) is 6.45. The lowest BCUT2D eigenvalue weighted by atomic mass is 10.3. The fraction of sp³-hybridized carbons (Fsp3) is 0.667. The maximum absolute atomic E-state index is 12.7. The van der Waals surface area contributed by atoms with E-state index in [1.165, 1.54) is 0 Å². The van der Waals surface area contributed by atoms with Crippen LogP contribution in [0.25, 0.3) is 0 Å². The fourth-order valence-corrected chi connectivity index (χ4v) is 2.02.